The van der Waals surface area contributed by atoms with Crippen molar-refractivity contribution in [3.63, 3.8) is 0 Å². The number of hydrogen-bond donors (Lipinski definition) is 0. The number of ether oxygens (including phenoxy) is 1. The molecule has 0 aliphatic carbocycles. The molecule has 0 bridgehead atoms. The molecule has 0 aliphatic rings. The van der Waals surface area contributed by atoms with Crippen LogP contribution in [0, 0.1) is 0 Å². The summed E-state index contributed by atoms with van der Waals surface area (Å²) in [6.45, 7) is 2.47. The van der Waals surface area contributed by atoms with Crippen LogP contribution in [0.25, 0.3) is 10.8 Å². The maximum atomic E-state index is 12.4. The Morgan fingerprint density at radius 3 is 2.40 bits per heavy atom. The number of fused-ring (bicyclic) bond motifs is 1. The van der Waals surface area contributed by atoms with E-state index in [0.717, 1.165) is 22.9 Å². The number of nitrogens with zero attached hydrogens (tertiary/aromatic N) is 1. The third-order valence-corrected chi connectivity index (χ3v) is 5.12. The minimum absolute atomic E-state index is 0.325. The van der Waals surface area contributed by atoms with E-state index in [1.54, 1.807) is 26.3 Å². The second-order valence-corrected chi connectivity index (χ2v) is 6.75. The topological polar surface area (TPSA) is 46.6 Å². The van der Waals surface area contributed by atoms with E-state index in [4.69, 9.17) is 4.74 Å². The molecule has 108 valence electrons. The van der Waals surface area contributed by atoms with Crippen LogP contribution in [0.5, 0.6) is 5.75 Å². The first-order valence-electron chi connectivity index (χ1n) is 6.53. The fraction of sp³-hybridized carbons (Fsp3) is 0.333. The minimum Gasteiger partial charge on any atom is -0.497 e. The van der Waals surface area contributed by atoms with Crippen LogP contribution in [0.15, 0.2) is 41.3 Å². The third-order valence-electron chi connectivity index (χ3n) is 3.27. The van der Waals surface area contributed by atoms with E-state index in [1.807, 2.05) is 31.2 Å². The maximum absolute atomic E-state index is 12.4. The van der Waals surface area contributed by atoms with Gasteiger partial charge in [0.25, 0.3) is 0 Å². The number of rotatable bonds is 5. The molecule has 0 spiro atoms. The van der Waals surface area contributed by atoms with Crippen molar-refractivity contribution in [2.24, 2.45) is 0 Å². The molecule has 2 aromatic rings. The lowest BCUT2D eigenvalue weighted by molar-refractivity contribution is 0.415. The highest BCUT2D eigenvalue weighted by Gasteiger charge is 2.20. The molecule has 0 N–H and O–H groups in total. The molecule has 20 heavy (non-hydrogen) atoms. The lowest BCUT2D eigenvalue weighted by Crippen LogP contribution is -2.27. The van der Waals surface area contributed by atoms with Gasteiger partial charge in [-0.1, -0.05) is 19.1 Å². The van der Waals surface area contributed by atoms with E-state index >= 15 is 0 Å². The maximum Gasteiger partial charge on any atom is 0.242 e. The highest BCUT2D eigenvalue weighted by Crippen LogP contribution is 2.24. The fourth-order valence-corrected chi connectivity index (χ4v) is 3.40. The van der Waals surface area contributed by atoms with Gasteiger partial charge < -0.3 is 4.74 Å². The molecule has 0 heterocycles. The molecule has 0 aliphatic heterocycles. The monoisotopic (exact) mass is 293 g/mol. The van der Waals surface area contributed by atoms with Gasteiger partial charge in [-0.05, 0) is 41.5 Å². The summed E-state index contributed by atoms with van der Waals surface area (Å²) in [6.07, 6.45) is 0.792. The zero-order chi connectivity index (χ0) is 14.8. The quantitative estimate of drug-likeness (QED) is 0.851. The second-order valence-electron chi connectivity index (χ2n) is 4.70. The van der Waals surface area contributed by atoms with Crippen molar-refractivity contribution in [1.29, 1.82) is 0 Å². The molecule has 4 nitrogen and oxygen atoms in total. The van der Waals surface area contributed by atoms with Crippen molar-refractivity contribution in [2.75, 3.05) is 20.7 Å². The van der Waals surface area contributed by atoms with Crippen LogP contribution in [0.1, 0.15) is 13.3 Å². The number of hydrogen-bond acceptors (Lipinski definition) is 3. The fourth-order valence-electron chi connectivity index (χ4n) is 2.10. The van der Waals surface area contributed by atoms with Crippen molar-refractivity contribution < 1.29 is 13.2 Å². The Morgan fingerprint density at radius 2 is 1.75 bits per heavy atom. The Bertz CT molecular complexity index is 710. The summed E-state index contributed by atoms with van der Waals surface area (Å²) in [4.78, 5) is 0.325. The summed E-state index contributed by atoms with van der Waals surface area (Å²) in [5, 5.41) is 1.85. The zero-order valence-corrected chi connectivity index (χ0v) is 12.8. The molecule has 0 atom stereocenters. The van der Waals surface area contributed by atoms with Crippen molar-refractivity contribution in [3.8, 4) is 5.75 Å². The highest BCUT2D eigenvalue weighted by atomic mass is 32.2. The van der Waals surface area contributed by atoms with Gasteiger partial charge in [-0.2, -0.15) is 0 Å². The molecule has 0 aromatic heterocycles. The van der Waals surface area contributed by atoms with Crippen molar-refractivity contribution in [1.82, 2.24) is 4.31 Å². The molecule has 2 aromatic carbocycles. The summed E-state index contributed by atoms with van der Waals surface area (Å²) in [6, 6.07) is 10.7. The summed E-state index contributed by atoms with van der Waals surface area (Å²) in [7, 11) is -0.187. The van der Waals surface area contributed by atoms with Gasteiger partial charge in [-0.3, -0.25) is 0 Å². The Hall–Kier alpha value is -1.59. The standard InChI is InChI=1S/C15H19NO3S/c1-4-9-16(2)20(17,18)15-8-6-12-10-14(19-3)7-5-13(12)11-15/h5-8,10-11H,4,9H2,1-3H3. The average molecular weight is 293 g/mol. The zero-order valence-electron chi connectivity index (χ0n) is 12.0. The SMILES string of the molecule is CCCN(C)S(=O)(=O)c1ccc2cc(OC)ccc2c1. The molecule has 5 heteroatoms. The first-order chi connectivity index (χ1) is 9.48. The molecule has 0 unspecified atom stereocenters. The molecule has 0 saturated heterocycles. The molecule has 0 saturated carbocycles. The Balaban J connectivity index is 2.46. The molecular weight excluding hydrogens is 274 g/mol. The van der Waals surface area contributed by atoms with Crippen LogP contribution < -0.4 is 4.74 Å². The Kier molecular flexibility index (Phi) is 4.30. The van der Waals surface area contributed by atoms with Crippen LogP contribution in [0.4, 0.5) is 0 Å². The van der Waals surface area contributed by atoms with E-state index in [2.05, 4.69) is 0 Å². The summed E-state index contributed by atoms with van der Waals surface area (Å²) in [5.41, 5.74) is 0. The highest BCUT2D eigenvalue weighted by molar-refractivity contribution is 7.89. The Labute approximate surface area is 120 Å². The van der Waals surface area contributed by atoms with Crippen LogP contribution in [0.3, 0.4) is 0 Å². The van der Waals surface area contributed by atoms with Crippen molar-refractivity contribution >= 4 is 20.8 Å². The van der Waals surface area contributed by atoms with E-state index in [9.17, 15) is 8.42 Å². The lowest BCUT2D eigenvalue weighted by atomic mass is 10.1. The first-order valence-corrected chi connectivity index (χ1v) is 7.97. The van der Waals surface area contributed by atoms with Gasteiger partial charge in [0.1, 0.15) is 5.75 Å². The van der Waals surface area contributed by atoms with Gasteiger partial charge >= 0.3 is 0 Å². The number of benzene rings is 2. The van der Waals surface area contributed by atoms with Gasteiger partial charge in [-0.15, -0.1) is 0 Å². The predicted octanol–water partition coefficient (Wildman–Crippen LogP) is 2.88. The summed E-state index contributed by atoms with van der Waals surface area (Å²) >= 11 is 0. The molecule has 2 rings (SSSR count). The lowest BCUT2D eigenvalue weighted by Gasteiger charge is -2.16. The average Bonchev–Trinajstić information content (AvgIpc) is 2.46. The molecule has 0 fully saturated rings. The number of sulfonamides is 1. The van der Waals surface area contributed by atoms with Gasteiger partial charge in [0.05, 0.1) is 12.0 Å². The van der Waals surface area contributed by atoms with Crippen LogP contribution in [-0.2, 0) is 10.0 Å². The smallest absolute Gasteiger partial charge is 0.242 e. The predicted molar refractivity (Wildman–Crippen MR) is 80.6 cm³/mol. The van der Waals surface area contributed by atoms with Crippen molar-refractivity contribution in [2.45, 2.75) is 18.2 Å². The Morgan fingerprint density at radius 1 is 1.10 bits per heavy atom. The van der Waals surface area contributed by atoms with Gasteiger partial charge in [0.15, 0.2) is 0 Å². The normalized spacial score (nSPS) is 12.0. The summed E-state index contributed by atoms with van der Waals surface area (Å²) < 4.78 is 31.3. The second kappa shape index (κ2) is 5.81. The summed E-state index contributed by atoms with van der Waals surface area (Å²) in [5.74, 6) is 0.760. The molecule has 0 radical (unpaired) electrons. The van der Waals surface area contributed by atoms with Crippen molar-refractivity contribution in [3.05, 3.63) is 36.4 Å². The van der Waals surface area contributed by atoms with Gasteiger partial charge in [-0.25, -0.2) is 12.7 Å². The van der Waals surface area contributed by atoms with Crippen LogP contribution in [-0.4, -0.2) is 33.4 Å². The van der Waals surface area contributed by atoms with Crippen LogP contribution >= 0.6 is 0 Å². The van der Waals surface area contributed by atoms with E-state index in [-0.39, 0.29) is 0 Å². The largest absolute Gasteiger partial charge is 0.497 e. The van der Waals surface area contributed by atoms with E-state index < -0.39 is 10.0 Å². The third kappa shape index (κ3) is 2.78. The minimum atomic E-state index is -3.41. The van der Waals surface area contributed by atoms with Gasteiger partial charge in [0.2, 0.25) is 10.0 Å². The van der Waals surface area contributed by atoms with Crippen LogP contribution in [0.2, 0.25) is 0 Å². The first kappa shape index (κ1) is 14.8. The van der Waals surface area contributed by atoms with E-state index in [0.29, 0.717) is 11.4 Å². The molecule has 0 amide bonds. The van der Waals surface area contributed by atoms with E-state index in [1.165, 1.54) is 4.31 Å². The molecular formula is C15H19NO3S. The number of methoxy groups -OCH3 is 1. The van der Waals surface area contributed by atoms with Gasteiger partial charge in [0, 0.05) is 13.6 Å².